The van der Waals surface area contributed by atoms with E-state index in [9.17, 15) is 5.48 Å². The van der Waals surface area contributed by atoms with Crippen LogP contribution in [0.2, 0.25) is 0 Å². The van der Waals surface area contributed by atoms with E-state index >= 15 is 0 Å². The number of pyridine rings is 2. The molecule has 0 aliphatic rings. The molecule has 0 spiro atoms. The zero-order valence-electron chi connectivity index (χ0n) is 34.3. The summed E-state index contributed by atoms with van der Waals surface area (Å²) in [5.41, 5.74) is 7.68. The lowest BCUT2D eigenvalue weighted by atomic mass is 9.89. The predicted molar refractivity (Wildman–Crippen MR) is 219 cm³/mol. The van der Waals surface area contributed by atoms with E-state index in [0.717, 1.165) is 44.2 Å². The summed E-state index contributed by atoms with van der Waals surface area (Å²) in [6.45, 7) is 0. The zero-order valence-corrected chi connectivity index (χ0v) is 28.3. The van der Waals surface area contributed by atoms with Gasteiger partial charge < -0.3 is 4.42 Å². The third kappa shape index (κ3) is 5.38. The van der Waals surface area contributed by atoms with E-state index in [4.69, 9.17) is 12.1 Å². The highest BCUT2D eigenvalue weighted by Gasteiger charge is 2.25. The molecule has 0 N–H and O–H groups in total. The van der Waals surface area contributed by atoms with Crippen molar-refractivity contribution >= 4 is 32.6 Å². The largest absolute Gasteiger partial charge is 0.455 e. The van der Waals surface area contributed by atoms with Crippen molar-refractivity contribution in [3.05, 3.63) is 194 Å². The lowest BCUT2D eigenvalue weighted by Gasteiger charge is -2.14. The first-order valence-corrected chi connectivity index (χ1v) is 17.4. The maximum atomic E-state index is 9.64. The Morgan fingerprint density at radius 3 is 1.68 bits per heavy atom. The molecule has 0 saturated carbocycles. The molecule has 53 heavy (non-hydrogen) atoms. The van der Waals surface area contributed by atoms with Gasteiger partial charge >= 0.3 is 0 Å². The van der Waals surface area contributed by atoms with E-state index in [1.807, 2.05) is 133 Å². The van der Waals surface area contributed by atoms with Crippen molar-refractivity contribution in [1.82, 2.24) is 9.97 Å². The first kappa shape index (κ1) is 25.0. The third-order valence-electron chi connectivity index (χ3n) is 9.67. The summed E-state index contributed by atoms with van der Waals surface area (Å²) in [4.78, 5) is 9.57. The molecule has 7 aromatic carbocycles. The lowest BCUT2D eigenvalue weighted by molar-refractivity contribution is 0.599. The molecule has 10 rings (SSSR count). The fourth-order valence-corrected chi connectivity index (χ4v) is 7.21. The smallest absolute Gasteiger partial charge is 0.143 e. The Balaban J connectivity index is 1.27. The van der Waals surface area contributed by atoms with Crippen molar-refractivity contribution in [3.63, 3.8) is 0 Å². The molecule has 3 heterocycles. The summed E-state index contributed by atoms with van der Waals surface area (Å²) in [5.74, 6) is 1.35. The van der Waals surface area contributed by atoms with E-state index in [2.05, 4.69) is 17.1 Å². The maximum absolute atomic E-state index is 9.64. The lowest BCUT2D eigenvalue weighted by Crippen LogP contribution is -1.91. The highest BCUT2D eigenvalue weighted by molar-refractivity contribution is 6.08. The highest BCUT2D eigenvalue weighted by Crippen LogP contribution is 2.49. The van der Waals surface area contributed by atoms with Gasteiger partial charge in [0.15, 0.2) is 0 Å². The number of hydrogen-bond donors (Lipinski definition) is 0. The maximum Gasteiger partial charge on any atom is 0.143 e. The van der Waals surface area contributed by atoms with Crippen LogP contribution >= 0.6 is 0 Å². The Morgan fingerprint density at radius 2 is 0.981 bits per heavy atom. The monoisotopic (exact) mass is 682 g/mol. The van der Waals surface area contributed by atoms with Crippen molar-refractivity contribution in [1.29, 1.82) is 0 Å². The van der Waals surface area contributed by atoms with Crippen molar-refractivity contribution in [2.75, 3.05) is 0 Å². The van der Waals surface area contributed by atoms with Gasteiger partial charge in [0.1, 0.15) is 11.5 Å². The van der Waals surface area contributed by atoms with Crippen LogP contribution in [-0.4, -0.2) is 9.97 Å². The molecule has 3 aromatic heterocycles. The van der Waals surface area contributed by atoms with Gasteiger partial charge in [0, 0.05) is 44.8 Å². The van der Waals surface area contributed by atoms with E-state index < -0.39 is 12.1 Å². The first-order valence-electron chi connectivity index (χ1n) is 20.4. The summed E-state index contributed by atoms with van der Waals surface area (Å²) in [7, 11) is 0. The number of fused-ring (bicyclic) bond motifs is 4. The molecular weight excluding hydrogens is 645 g/mol. The third-order valence-corrected chi connectivity index (χ3v) is 9.67. The Labute approximate surface area is 315 Å². The Morgan fingerprint density at radius 1 is 0.434 bits per heavy atom. The molecule has 0 aliphatic carbocycles. The summed E-state index contributed by atoms with van der Waals surface area (Å²) in [6, 6.07) is 47.0. The van der Waals surface area contributed by atoms with Crippen LogP contribution in [0.15, 0.2) is 199 Å². The van der Waals surface area contributed by atoms with Crippen LogP contribution in [0.25, 0.3) is 99.9 Å². The van der Waals surface area contributed by atoms with Crippen molar-refractivity contribution in [2.24, 2.45) is 0 Å². The molecule has 0 bridgehead atoms. The van der Waals surface area contributed by atoms with Crippen LogP contribution in [0.4, 0.5) is 0 Å². The van der Waals surface area contributed by atoms with E-state index in [1.54, 1.807) is 12.3 Å². The number of aromatic nitrogens is 2. The second kappa shape index (κ2) is 12.9. The van der Waals surface area contributed by atoms with Gasteiger partial charge in [0.05, 0.1) is 25.0 Å². The summed E-state index contributed by atoms with van der Waals surface area (Å²) in [6.07, 6.45) is 1.69. The topological polar surface area (TPSA) is 38.9 Å². The number of nitrogens with zero attached hydrogens (tertiary/aromatic N) is 2. The fourth-order valence-electron chi connectivity index (χ4n) is 7.21. The minimum absolute atomic E-state index is 0.127. The molecule has 0 aliphatic heterocycles. The molecular formula is C50H32N2O. The van der Waals surface area contributed by atoms with Gasteiger partial charge in [-0.15, -0.1) is 0 Å². The van der Waals surface area contributed by atoms with Crippen LogP contribution in [0.3, 0.4) is 0 Å². The molecule has 10 aromatic rings. The van der Waals surface area contributed by atoms with Gasteiger partial charge in [0.25, 0.3) is 0 Å². The SMILES string of the molecule is [2H]c1c([2H])c([2H])c2c(-c3ccc4ccc5cccnc5c4n3)c([2H])c([2H])c(-c3cccc(-c4c(-c5ccccc5)oc(-c5ccccc5)c4-c4ccccc4)c3)c2c1[2H]. The first-order chi connectivity index (χ1) is 28.8. The number of benzene rings is 7. The number of furan rings is 1. The van der Waals surface area contributed by atoms with E-state index in [1.165, 1.54) is 0 Å². The Hall–Kier alpha value is -7.10. The second-order valence-electron chi connectivity index (χ2n) is 12.8. The standard InChI is InChI=1S/C50H32N2O/c1-4-14-33(15-5-1)45-46(50(37-18-8-3-9-19-37)53-49(45)36-16-6-2-7-17-36)39-21-12-20-38(32-39)40-28-29-43(42-24-11-10-23-41(40)42)44-30-27-35-26-25-34-22-13-31-51-47(34)48(35)52-44/h1-32H/i10D,11D,23D,24D,28D,29D. The van der Waals surface area contributed by atoms with Gasteiger partial charge in [-0.05, 0) is 51.2 Å². The van der Waals surface area contributed by atoms with Gasteiger partial charge in [-0.25, -0.2) is 4.98 Å². The highest BCUT2D eigenvalue weighted by atomic mass is 16.3. The minimum Gasteiger partial charge on any atom is -0.455 e. The molecule has 0 saturated heterocycles. The molecule has 0 unspecified atom stereocenters. The van der Waals surface area contributed by atoms with Gasteiger partial charge in [0.2, 0.25) is 0 Å². The fraction of sp³-hybridized carbons (Fsp3) is 0. The Kier molecular flexibility index (Phi) is 6.07. The predicted octanol–water partition coefficient (Wildman–Crippen LogP) is 13.5. The summed E-state index contributed by atoms with van der Waals surface area (Å²) in [5, 5.41) is 1.99. The summed E-state index contributed by atoms with van der Waals surface area (Å²) < 4.78 is 62.2. The molecule has 3 nitrogen and oxygen atoms in total. The van der Waals surface area contributed by atoms with Crippen molar-refractivity contribution < 1.29 is 12.6 Å². The quantitative estimate of drug-likeness (QED) is 0.164. The molecule has 0 fully saturated rings. The molecule has 248 valence electrons. The van der Waals surface area contributed by atoms with Crippen molar-refractivity contribution in [3.8, 4) is 67.3 Å². The normalized spacial score (nSPS) is 13.0. The van der Waals surface area contributed by atoms with E-state index in [0.29, 0.717) is 33.8 Å². The van der Waals surface area contributed by atoms with Crippen LogP contribution in [0.5, 0.6) is 0 Å². The van der Waals surface area contributed by atoms with Crippen LogP contribution in [-0.2, 0) is 0 Å². The summed E-state index contributed by atoms with van der Waals surface area (Å²) >= 11 is 0. The van der Waals surface area contributed by atoms with Crippen molar-refractivity contribution in [2.45, 2.75) is 0 Å². The van der Waals surface area contributed by atoms with Crippen LogP contribution < -0.4 is 0 Å². The average molecular weight is 683 g/mol. The zero-order chi connectivity index (χ0) is 40.4. The molecule has 0 amide bonds. The molecule has 0 atom stereocenters. The van der Waals surface area contributed by atoms with E-state index in [-0.39, 0.29) is 46.1 Å². The van der Waals surface area contributed by atoms with Gasteiger partial charge in [-0.1, -0.05) is 170 Å². The molecule has 0 radical (unpaired) electrons. The Bertz CT molecular complexity index is 3280. The van der Waals surface area contributed by atoms with Crippen LogP contribution in [0, 0.1) is 0 Å². The number of rotatable bonds is 6. The van der Waals surface area contributed by atoms with Gasteiger partial charge in [-0.3, -0.25) is 4.98 Å². The van der Waals surface area contributed by atoms with Gasteiger partial charge in [-0.2, -0.15) is 0 Å². The average Bonchev–Trinajstić information content (AvgIpc) is 3.70. The molecule has 3 heteroatoms. The second-order valence-corrected chi connectivity index (χ2v) is 12.8. The minimum atomic E-state index is -0.430. The van der Waals surface area contributed by atoms with Crippen LogP contribution in [0.1, 0.15) is 8.22 Å². The number of hydrogen-bond acceptors (Lipinski definition) is 3.